The molecule has 3 rings (SSSR count). The molecule has 1 aliphatic rings. The van der Waals surface area contributed by atoms with Crippen molar-refractivity contribution in [2.24, 2.45) is 0 Å². The molecule has 0 radical (unpaired) electrons. The van der Waals surface area contributed by atoms with Crippen LogP contribution in [0.4, 0.5) is 11.4 Å². The normalized spacial score (nSPS) is 14.0. The Hall–Kier alpha value is -1.96. The largest absolute Gasteiger partial charge is 0.383 e. The summed E-state index contributed by atoms with van der Waals surface area (Å²) < 4.78 is 0. The Balaban J connectivity index is 1.63. The Morgan fingerprint density at radius 3 is 2.68 bits per heavy atom. The zero-order chi connectivity index (χ0) is 15.4. The first-order valence-corrected chi connectivity index (χ1v) is 8.41. The lowest BCUT2D eigenvalue weighted by Crippen LogP contribution is -2.33. The predicted octanol–water partition coefficient (Wildman–Crippen LogP) is 4.67. The molecular weight excluding hydrogens is 268 g/mol. The van der Waals surface area contributed by atoms with Gasteiger partial charge in [0.15, 0.2) is 0 Å². The zero-order valence-electron chi connectivity index (χ0n) is 13.7. The summed E-state index contributed by atoms with van der Waals surface area (Å²) in [4.78, 5) is 2.52. The summed E-state index contributed by atoms with van der Waals surface area (Å²) in [6, 6.07) is 17.5. The highest BCUT2D eigenvalue weighted by atomic mass is 15.1. The molecule has 1 aliphatic heterocycles. The molecule has 2 aromatic rings. The van der Waals surface area contributed by atoms with Gasteiger partial charge in [-0.25, -0.2) is 0 Å². The van der Waals surface area contributed by atoms with Crippen LogP contribution in [0.3, 0.4) is 0 Å². The van der Waals surface area contributed by atoms with Crippen LogP contribution in [0, 0.1) is 0 Å². The molecular formula is C20H26N2. The number of para-hydroxylation sites is 2. The molecule has 0 unspecified atom stereocenters. The first kappa shape index (κ1) is 15.0. The smallest absolute Gasteiger partial charge is 0.0399 e. The maximum Gasteiger partial charge on any atom is 0.0399 e. The third-order valence-corrected chi connectivity index (χ3v) is 4.49. The number of hydrogen-bond donors (Lipinski definition) is 1. The van der Waals surface area contributed by atoms with Gasteiger partial charge < -0.3 is 10.2 Å². The summed E-state index contributed by atoms with van der Waals surface area (Å²) in [7, 11) is 0. The average Bonchev–Trinajstić information content (AvgIpc) is 2.55. The summed E-state index contributed by atoms with van der Waals surface area (Å²) in [5.74, 6) is 0.555. The number of nitrogens with zero attached hydrogens (tertiary/aromatic N) is 1. The van der Waals surface area contributed by atoms with Gasteiger partial charge in [0, 0.05) is 31.0 Å². The molecule has 0 spiro atoms. The van der Waals surface area contributed by atoms with Crippen molar-refractivity contribution >= 4 is 11.4 Å². The van der Waals surface area contributed by atoms with Crippen LogP contribution in [0.2, 0.25) is 0 Å². The lowest BCUT2D eigenvalue weighted by atomic mass is 10.0. The standard InChI is InChI=1S/C20H26N2/c1-16(2)18-10-4-5-11-19(18)21-13-15-22-14-7-9-17-8-3-6-12-20(17)22/h3-6,8,10-12,16,21H,7,9,13-15H2,1-2H3. The summed E-state index contributed by atoms with van der Waals surface area (Å²) >= 11 is 0. The van der Waals surface area contributed by atoms with Gasteiger partial charge in [-0.05, 0) is 42.0 Å². The van der Waals surface area contributed by atoms with Crippen molar-refractivity contribution in [3.63, 3.8) is 0 Å². The zero-order valence-corrected chi connectivity index (χ0v) is 13.7. The van der Waals surface area contributed by atoms with Crippen molar-refractivity contribution in [1.29, 1.82) is 0 Å². The molecule has 1 heterocycles. The molecule has 0 atom stereocenters. The fraction of sp³-hybridized carbons (Fsp3) is 0.400. The SMILES string of the molecule is CC(C)c1ccccc1NCCN1CCCc2ccccc21. The highest BCUT2D eigenvalue weighted by molar-refractivity contribution is 5.56. The summed E-state index contributed by atoms with van der Waals surface area (Å²) in [6.07, 6.45) is 2.48. The minimum Gasteiger partial charge on any atom is -0.383 e. The Bertz CT molecular complexity index is 619. The minimum atomic E-state index is 0.555. The molecule has 1 N–H and O–H groups in total. The van der Waals surface area contributed by atoms with E-state index in [1.165, 1.54) is 41.9 Å². The van der Waals surface area contributed by atoms with Crippen LogP contribution >= 0.6 is 0 Å². The van der Waals surface area contributed by atoms with E-state index in [-0.39, 0.29) is 0 Å². The number of benzene rings is 2. The molecule has 0 aliphatic carbocycles. The quantitative estimate of drug-likeness (QED) is 0.861. The lowest BCUT2D eigenvalue weighted by Gasteiger charge is -2.31. The van der Waals surface area contributed by atoms with E-state index in [2.05, 4.69) is 72.6 Å². The monoisotopic (exact) mass is 294 g/mol. The van der Waals surface area contributed by atoms with Crippen LogP contribution in [0.5, 0.6) is 0 Å². The Morgan fingerprint density at radius 1 is 1.05 bits per heavy atom. The minimum absolute atomic E-state index is 0.555. The molecule has 0 saturated carbocycles. The van der Waals surface area contributed by atoms with Gasteiger partial charge in [-0.3, -0.25) is 0 Å². The lowest BCUT2D eigenvalue weighted by molar-refractivity contribution is 0.698. The molecule has 0 saturated heterocycles. The van der Waals surface area contributed by atoms with Gasteiger partial charge >= 0.3 is 0 Å². The van der Waals surface area contributed by atoms with Crippen molar-refractivity contribution in [2.45, 2.75) is 32.6 Å². The summed E-state index contributed by atoms with van der Waals surface area (Å²) in [6.45, 7) is 7.72. The van der Waals surface area contributed by atoms with E-state index in [4.69, 9.17) is 0 Å². The van der Waals surface area contributed by atoms with Gasteiger partial charge in [0.05, 0.1) is 0 Å². The molecule has 116 valence electrons. The number of nitrogens with one attached hydrogen (secondary N) is 1. The second kappa shape index (κ2) is 6.87. The van der Waals surface area contributed by atoms with Crippen LogP contribution < -0.4 is 10.2 Å². The number of anilines is 2. The molecule has 0 bridgehead atoms. The van der Waals surface area contributed by atoms with Crippen LogP contribution in [-0.4, -0.2) is 19.6 Å². The maximum atomic E-state index is 3.63. The molecule has 22 heavy (non-hydrogen) atoms. The van der Waals surface area contributed by atoms with Crippen molar-refractivity contribution in [3.8, 4) is 0 Å². The van der Waals surface area contributed by atoms with Gasteiger partial charge in [-0.1, -0.05) is 50.2 Å². The Labute approximate surface area is 134 Å². The fourth-order valence-corrected chi connectivity index (χ4v) is 3.33. The van der Waals surface area contributed by atoms with Crippen LogP contribution in [0.15, 0.2) is 48.5 Å². The van der Waals surface area contributed by atoms with Crippen molar-refractivity contribution in [1.82, 2.24) is 0 Å². The second-order valence-corrected chi connectivity index (χ2v) is 6.39. The summed E-state index contributed by atoms with van der Waals surface area (Å²) in [5.41, 5.74) is 5.60. The van der Waals surface area contributed by atoms with E-state index >= 15 is 0 Å². The summed E-state index contributed by atoms with van der Waals surface area (Å²) in [5, 5.41) is 3.63. The first-order valence-electron chi connectivity index (χ1n) is 8.41. The molecule has 0 aromatic heterocycles. The van der Waals surface area contributed by atoms with Crippen LogP contribution in [0.1, 0.15) is 37.3 Å². The van der Waals surface area contributed by atoms with Crippen LogP contribution in [-0.2, 0) is 6.42 Å². The van der Waals surface area contributed by atoms with Gasteiger partial charge in [0.25, 0.3) is 0 Å². The molecule has 0 amide bonds. The number of hydrogen-bond acceptors (Lipinski definition) is 2. The van der Waals surface area contributed by atoms with Gasteiger partial charge in [-0.15, -0.1) is 0 Å². The van der Waals surface area contributed by atoms with E-state index in [0.717, 1.165) is 13.1 Å². The van der Waals surface area contributed by atoms with Gasteiger partial charge in [0.2, 0.25) is 0 Å². The number of fused-ring (bicyclic) bond motifs is 1. The Morgan fingerprint density at radius 2 is 1.82 bits per heavy atom. The van der Waals surface area contributed by atoms with E-state index in [1.54, 1.807) is 0 Å². The van der Waals surface area contributed by atoms with Gasteiger partial charge in [0.1, 0.15) is 0 Å². The average molecular weight is 294 g/mol. The highest BCUT2D eigenvalue weighted by Crippen LogP contribution is 2.27. The molecule has 0 fully saturated rings. The van der Waals surface area contributed by atoms with E-state index in [0.29, 0.717) is 5.92 Å². The van der Waals surface area contributed by atoms with Crippen molar-refractivity contribution < 1.29 is 0 Å². The van der Waals surface area contributed by atoms with E-state index < -0.39 is 0 Å². The maximum absolute atomic E-state index is 3.63. The van der Waals surface area contributed by atoms with Crippen molar-refractivity contribution in [3.05, 3.63) is 59.7 Å². The molecule has 2 heteroatoms. The Kier molecular flexibility index (Phi) is 4.67. The third-order valence-electron chi connectivity index (χ3n) is 4.49. The highest BCUT2D eigenvalue weighted by Gasteiger charge is 2.15. The second-order valence-electron chi connectivity index (χ2n) is 6.39. The number of rotatable bonds is 5. The van der Waals surface area contributed by atoms with E-state index in [9.17, 15) is 0 Å². The van der Waals surface area contributed by atoms with Gasteiger partial charge in [-0.2, -0.15) is 0 Å². The van der Waals surface area contributed by atoms with Crippen LogP contribution in [0.25, 0.3) is 0 Å². The molecule has 2 aromatic carbocycles. The first-order chi connectivity index (χ1) is 10.8. The molecule has 2 nitrogen and oxygen atoms in total. The fourth-order valence-electron chi connectivity index (χ4n) is 3.33. The topological polar surface area (TPSA) is 15.3 Å². The van der Waals surface area contributed by atoms with E-state index in [1.807, 2.05) is 0 Å². The van der Waals surface area contributed by atoms with Crippen molar-refractivity contribution in [2.75, 3.05) is 29.9 Å². The predicted molar refractivity (Wildman–Crippen MR) is 96.0 cm³/mol. The number of aryl methyl sites for hydroxylation is 1. The third kappa shape index (κ3) is 3.27.